The Balaban J connectivity index is 1.73. The highest BCUT2D eigenvalue weighted by Crippen LogP contribution is 2.25. The normalized spacial score (nSPS) is 10.7. The van der Waals surface area contributed by atoms with Gasteiger partial charge in [-0.3, -0.25) is 0 Å². The minimum absolute atomic E-state index is 0.401. The fraction of sp³-hybridized carbons (Fsp3) is 0.211. The topological polar surface area (TPSA) is 62.7 Å². The van der Waals surface area contributed by atoms with E-state index in [0.717, 1.165) is 16.3 Å². The van der Waals surface area contributed by atoms with Crippen LogP contribution in [0, 0.1) is 0 Å². The van der Waals surface area contributed by atoms with Crippen LogP contribution in [0.25, 0.3) is 0 Å². The van der Waals surface area contributed by atoms with Crippen LogP contribution in [0.4, 0.5) is 17.5 Å². The molecular weight excluding hydrogens is 334 g/mol. The van der Waals surface area contributed by atoms with Crippen molar-refractivity contribution in [1.29, 1.82) is 0 Å². The molecular formula is C19H20ClN5. The number of nitrogens with one attached hydrogen (secondary N) is 2. The van der Waals surface area contributed by atoms with E-state index in [4.69, 9.17) is 11.6 Å². The van der Waals surface area contributed by atoms with Gasteiger partial charge in [0.1, 0.15) is 0 Å². The van der Waals surface area contributed by atoms with E-state index in [1.54, 1.807) is 6.20 Å². The average molecular weight is 354 g/mol. The third-order valence-corrected chi connectivity index (χ3v) is 4.17. The van der Waals surface area contributed by atoms with E-state index in [1.807, 2.05) is 42.5 Å². The van der Waals surface area contributed by atoms with Crippen LogP contribution in [0.1, 0.15) is 30.9 Å². The lowest BCUT2D eigenvalue weighted by Crippen LogP contribution is -2.07. The second-order valence-corrected chi connectivity index (χ2v) is 6.38. The van der Waals surface area contributed by atoms with Gasteiger partial charge in [0.15, 0.2) is 5.82 Å². The molecule has 0 spiro atoms. The zero-order valence-electron chi connectivity index (χ0n) is 14.2. The van der Waals surface area contributed by atoms with Gasteiger partial charge in [-0.05, 0) is 29.2 Å². The quantitative estimate of drug-likeness (QED) is 0.652. The Morgan fingerprint density at radius 2 is 1.80 bits per heavy atom. The summed E-state index contributed by atoms with van der Waals surface area (Å²) in [5, 5.41) is 15.3. The Bertz CT molecular complexity index is 850. The van der Waals surface area contributed by atoms with E-state index < -0.39 is 0 Å². The van der Waals surface area contributed by atoms with Crippen LogP contribution in [0.5, 0.6) is 0 Å². The zero-order valence-corrected chi connectivity index (χ0v) is 15.0. The van der Waals surface area contributed by atoms with E-state index in [-0.39, 0.29) is 0 Å². The fourth-order valence-corrected chi connectivity index (χ4v) is 2.71. The molecule has 3 aromatic rings. The van der Waals surface area contributed by atoms with Gasteiger partial charge in [-0.15, -0.1) is 5.10 Å². The molecule has 2 aromatic carbocycles. The standard InChI is InChI=1S/C19H20ClN5/c1-13(2)15-8-4-6-10-17(15)23-19-24-18(12-22-25-19)21-11-14-7-3-5-9-16(14)20/h3-10,12-13H,11H2,1-2H3,(H2,21,23,24,25). The molecule has 0 aliphatic heterocycles. The lowest BCUT2D eigenvalue weighted by Gasteiger charge is -2.13. The van der Waals surface area contributed by atoms with Crippen molar-refractivity contribution in [2.75, 3.05) is 10.6 Å². The Morgan fingerprint density at radius 1 is 1.04 bits per heavy atom. The number of hydrogen-bond acceptors (Lipinski definition) is 5. The minimum Gasteiger partial charge on any atom is -0.364 e. The van der Waals surface area contributed by atoms with Gasteiger partial charge in [0.2, 0.25) is 5.95 Å². The summed E-state index contributed by atoms with van der Waals surface area (Å²) < 4.78 is 0. The Labute approximate surface area is 152 Å². The number of halogens is 1. The highest BCUT2D eigenvalue weighted by atomic mass is 35.5. The molecule has 2 N–H and O–H groups in total. The number of anilines is 3. The molecule has 0 saturated heterocycles. The van der Waals surface area contributed by atoms with Gasteiger partial charge >= 0.3 is 0 Å². The highest BCUT2D eigenvalue weighted by Gasteiger charge is 2.08. The lowest BCUT2D eigenvalue weighted by atomic mass is 10.0. The molecule has 25 heavy (non-hydrogen) atoms. The summed E-state index contributed by atoms with van der Waals surface area (Å²) in [6.07, 6.45) is 1.59. The molecule has 0 radical (unpaired) electrons. The summed E-state index contributed by atoms with van der Waals surface area (Å²) in [6, 6.07) is 15.8. The Hall–Kier alpha value is -2.66. The van der Waals surface area contributed by atoms with Gasteiger partial charge in [0, 0.05) is 17.3 Å². The van der Waals surface area contributed by atoms with Gasteiger partial charge in [-0.2, -0.15) is 10.1 Å². The fourth-order valence-electron chi connectivity index (χ4n) is 2.50. The van der Waals surface area contributed by atoms with Gasteiger partial charge < -0.3 is 10.6 Å². The van der Waals surface area contributed by atoms with Crippen molar-refractivity contribution in [3.8, 4) is 0 Å². The molecule has 1 heterocycles. The minimum atomic E-state index is 0.401. The number of hydrogen-bond donors (Lipinski definition) is 2. The largest absolute Gasteiger partial charge is 0.364 e. The van der Waals surface area contributed by atoms with Gasteiger partial charge in [-0.25, -0.2) is 0 Å². The van der Waals surface area contributed by atoms with Crippen molar-refractivity contribution < 1.29 is 0 Å². The molecule has 0 bridgehead atoms. The van der Waals surface area contributed by atoms with E-state index in [2.05, 4.69) is 45.7 Å². The first kappa shape index (κ1) is 17.2. The third kappa shape index (κ3) is 4.45. The summed E-state index contributed by atoms with van der Waals surface area (Å²) >= 11 is 6.18. The summed E-state index contributed by atoms with van der Waals surface area (Å²) in [5.41, 5.74) is 3.20. The molecule has 0 fully saturated rings. The maximum Gasteiger partial charge on any atom is 0.249 e. The first-order valence-corrected chi connectivity index (χ1v) is 8.54. The van der Waals surface area contributed by atoms with Crippen molar-refractivity contribution in [2.45, 2.75) is 26.3 Å². The van der Waals surface area contributed by atoms with Gasteiger partial charge in [0.25, 0.3) is 0 Å². The lowest BCUT2D eigenvalue weighted by molar-refractivity contribution is 0.867. The molecule has 0 aliphatic carbocycles. The molecule has 0 aliphatic rings. The van der Waals surface area contributed by atoms with Crippen molar-refractivity contribution in [3.05, 3.63) is 70.9 Å². The predicted octanol–water partition coefficient (Wildman–Crippen LogP) is 5.00. The molecule has 128 valence electrons. The zero-order chi connectivity index (χ0) is 17.6. The van der Waals surface area contributed by atoms with E-state index in [0.29, 0.717) is 24.2 Å². The highest BCUT2D eigenvalue weighted by molar-refractivity contribution is 6.31. The average Bonchev–Trinajstić information content (AvgIpc) is 2.62. The van der Waals surface area contributed by atoms with Crippen molar-refractivity contribution >= 4 is 29.1 Å². The summed E-state index contributed by atoms with van der Waals surface area (Å²) in [7, 11) is 0. The van der Waals surface area contributed by atoms with Crippen LogP contribution in [0.3, 0.4) is 0 Å². The summed E-state index contributed by atoms with van der Waals surface area (Å²) in [5.74, 6) is 1.50. The Morgan fingerprint density at radius 3 is 2.60 bits per heavy atom. The number of nitrogens with zero attached hydrogens (tertiary/aromatic N) is 3. The number of para-hydroxylation sites is 1. The SMILES string of the molecule is CC(C)c1ccccc1Nc1nncc(NCc2ccccc2Cl)n1. The van der Waals surface area contributed by atoms with Crippen LogP contribution in [-0.2, 0) is 6.54 Å². The number of benzene rings is 2. The molecule has 1 aromatic heterocycles. The Kier molecular flexibility index (Phi) is 5.46. The molecule has 0 amide bonds. The molecule has 0 unspecified atom stereocenters. The number of aromatic nitrogens is 3. The third-order valence-electron chi connectivity index (χ3n) is 3.81. The molecule has 0 saturated carbocycles. The molecule has 0 atom stereocenters. The van der Waals surface area contributed by atoms with Gasteiger partial charge in [0.05, 0.1) is 6.20 Å². The molecule has 6 heteroatoms. The van der Waals surface area contributed by atoms with Crippen LogP contribution < -0.4 is 10.6 Å². The van der Waals surface area contributed by atoms with E-state index in [9.17, 15) is 0 Å². The molecule has 5 nitrogen and oxygen atoms in total. The van der Waals surface area contributed by atoms with Crippen molar-refractivity contribution in [3.63, 3.8) is 0 Å². The van der Waals surface area contributed by atoms with E-state index >= 15 is 0 Å². The smallest absolute Gasteiger partial charge is 0.249 e. The van der Waals surface area contributed by atoms with Crippen LogP contribution in [-0.4, -0.2) is 15.2 Å². The van der Waals surface area contributed by atoms with Crippen LogP contribution >= 0.6 is 11.6 Å². The maximum atomic E-state index is 6.18. The van der Waals surface area contributed by atoms with E-state index in [1.165, 1.54) is 5.56 Å². The van der Waals surface area contributed by atoms with Gasteiger partial charge in [-0.1, -0.05) is 61.8 Å². The summed E-state index contributed by atoms with van der Waals surface area (Å²) in [6.45, 7) is 4.88. The van der Waals surface area contributed by atoms with Crippen molar-refractivity contribution in [2.24, 2.45) is 0 Å². The van der Waals surface area contributed by atoms with Crippen LogP contribution in [0.2, 0.25) is 5.02 Å². The molecule has 3 rings (SSSR count). The number of rotatable bonds is 6. The second kappa shape index (κ2) is 7.94. The van der Waals surface area contributed by atoms with Crippen molar-refractivity contribution in [1.82, 2.24) is 15.2 Å². The monoisotopic (exact) mass is 353 g/mol. The first-order chi connectivity index (χ1) is 12.1. The maximum absolute atomic E-state index is 6.18. The second-order valence-electron chi connectivity index (χ2n) is 5.98. The predicted molar refractivity (Wildman–Crippen MR) is 102 cm³/mol. The first-order valence-electron chi connectivity index (χ1n) is 8.16. The summed E-state index contributed by atoms with van der Waals surface area (Å²) in [4.78, 5) is 4.47. The van der Waals surface area contributed by atoms with Crippen LogP contribution in [0.15, 0.2) is 54.7 Å².